The number of hydrogen-bond acceptors (Lipinski definition) is 2. The molecule has 2 rings (SSSR count). The number of imidazole rings is 1. The Bertz CT molecular complexity index is 433. The van der Waals surface area contributed by atoms with Crippen LogP contribution in [0.3, 0.4) is 0 Å². The van der Waals surface area contributed by atoms with Gasteiger partial charge in [0, 0.05) is 11.6 Å². The molecule has 4 nitrogen and oxygen atoms in total. The molecule has 4 heteroatoms. The second kappa shape index (κ2) is 6.22. The Balaban J connectivity index is 2.26. The minimum atomic E-state index is -0.735. The highest BCUT2D eigenvalue weighted by molar-refractivity contribution is 5.76. The zero-order valence-electron chi connectivity index (χ0n) is 11.9. The third kappa shape index (κ3) is 2.99. The zero-order valence-corrected chi connectivity index (χ0v) is 11.9. The van der Waals surface area contributed by atoms with Crippen LogP contribution >= 0.6 is 0 Å². The van der Waals surface area contributed by atoms with Gasteiger partial charge in [0.1, 0.15) is 11.7 Å². The van der Waals surface area contributed by atoms with Gasteiger partial charge in [0.25, 0.3) is 0 Å². The first-order valence-electron chi connectivity index (χ1n) is 7.48. The number of aryl methyl sites for hydroxylation is 1. The summed E-state index contributed by atoms with van der Waals surface area (Å²) < 4.78 is 0. The fourth-order valence-electron chi connectivity index (χ4n) is 3.09. The van der Waals surface area contributed by atoms with E-state index in [2.05, 4.69) is 23.8 Å². The van der Waals surface area contributed by atoms with Gasteiger partial charge in [-0.2, -0.15) is 0 Å². The lowest BCUT2D eigenvalue weighted by Gasteiger charge is -2.16. The molecule has 0 radical (unpaired) electrons. The highest BCUT2D eigenvalue weighted by Crippen LogP contribution is 2.33. The van der Waals surface area contributed by atoms with E-state index < -0.39 is 11.9 Å². The van der Waals surface area contributed by atoms with E-state index in [1.165, 1.54) is 0 Å². The zero-order chi connectivity index (χ0) is 13.8. The summed E-state index contributed by atoms with van der Waals surface area (Å²) in [5.74, 6) is 0.330. The van der Waals surface area contributed by atoms with Crippen molar-refractivity contribution >= 4 is 5.97 Å². The molecule has 1 aromatic heterocycles. The number of fused-ring (bicyclic) bond motifs is 1. The third-order valence-corrected chi connectivity index (χ3v) is 4.04. The largest absolute Gasteiger partial charge is 0.481 e. The molecule has 0 spiro atoms. The third-order valence-electron chi connectivity index (χ3n) is 4.04. The summed E-state index contributed by atoms with van der Waals surface area (Å²) in [7, 11) is 0. The molecule has 0 saturated heterocycles. The molecule has 1 aliphatic rings. The van der Waals surface area contributed by atoms with Crippen LogP contribution < -0.4 is 0 Å². The van der Waals surface area contributed by atoms with Gasteiger partial charge in [0.15, 0.2) is 0 Å². The van der Waals surface area contributed by atoms with Gasteiger partial charge in [-0.25, -0.2) is 4.98 Å². The van der Waals surface area contributed by atoms with Gasteiger partial charge in [-0.3, -0.25) is 4.79 Å². The Kier molecular flexibility index (Phi) is 4.61. The molecular weight excluding hydrogens is 240 g/mol. The average molecular weight is 264 g/mol. The molecule has 19 heavy (non-hydrogen) atoms. The number of H-pyrrole nitrogens is 1. The van der Waals surface area contributed by atoms with Crippen LogP contribution in [0.5, 0.6) is 0 Å². The van der Waals surface area contributed by atoms with E-state index in [4.69, 9.17) is 0 Å². The van der Waals surface area contributed by atoms with E-state index in [0.717, 1.165) is 62.2 Å². The molecule has 1 unspecified atom stereocenters. The maximum atomic E-state index is 11.3. The van der Waals surface area contributed by atoms with Gasteiger partial charge in [0.2, 0.25) is 0 Å². The molecule has 2 N–H and O–H groups in total. The number of aromatic nitrogens is 2. The van der Waals surface area contributed by atoms with Crippen LogP contribution in [-0.2, 0) is 11.2 Å². The van der Waals surface area contributed by atoms with Crippen molar-refractivity contribution in [2.24, 2.45) is 0 Å². The molecule has 0 fully saturated rings. The number of nitrogens with one attached hydrogen (secondary N) is 1. The molecule has 0 saturated carbocycles. The summed E-state index contributed by atoms with van der Waals surface area (Å²) in [6.45, 7) is 4.37. The van der Waals surface area contributed by atoms with Crippen molar-refractivity contribution < 1.29 is 9.90 Å². The van der Waals surface area contributed by atoms with Crippen molar-refractivity contribution in [3.63, 3.8) is 0 Å². The molecule has 1 aromatic rings. The summed E-state index contributed by atoms with van der Waals surface area (Å²) >= 11 is 0. The SMILES string of the molecule is CCCC(CCC)c1nc2c([nH]1)CCCC2C(=O)O. The van der Waals surface area contributed by atoms with Gasteiger partial charge >= 0.3 is 5.97 Å². The first-order valence-corrected chi connectivity index (χ1v) is 7.48. The van der Waals surface area contributed by atoms with E-state index in [-0.39, 0.29) is 0 Å². The maximum Gasteiger partial charge on any atom is 0.312 e. The predicted octanol–water partition coefficient (Wildman–Crippen LogP) is 3.60. The van der Waals surface area contributed by atoms with Gasteiger partial charge in [-0.05, 0) is 32.1 Å². The van der Waals surface area contributed by atoms with Crippen LogP contribution in [0.2, 0.25) is 0 Å². The first kappa shape index (κ1) is 14.1. The lowest BCUT2D eigenvalue weighted by Crippen LogP contribution is -2.17. The topological polar surface area (TPSA) is 66.0 Å². The number of carboxylic acids is 1. The van der Waals surface area contributed by atoms with Crippen molar-refractivity contribution in [2.45, 2.75) is 70.6 Å². The summed E-state index contributed by atoms with van der Waals surface area (Å²) in [6, 6.07) is 0. The summed E-state index contributed by atoms with van der Waals surface area (Å²) in [5.41, 5.74) is 1.86. The Hall–Kier alpha value is -1.32. The van der Waals surface area contributed by atoms with E-state index in [1.807, 2.05) is 0 Å². The van der Waals surface area contributed by atoms with Crippen molar-refractivity contribution in [2.75, 3.05) is 0 Å². The van der Waals surface area contributed by atoms with E-state index in [9.17, 15) is 9.90 Å². The summed E-state index contributed by atoms with van der Waals surface area (Å²) in [4.78, 5) is 19.4. The Morgan fingerprint density at radius 1 is 1.42 bits per heavy atom. The number of carboxylic acid groups (broad SMARTS) is 1. The van der Waals surface area contributed by atoms with E-state index in [1.54, 1.807) is 0 Å². The molecular formula is C15H24N2O2. The first-order chi connectivity index (χ1) is 9.17. The average Bonchev–Trinajstić information content (AvgIpc) is 2.81. The maximum absolute atomic E-state index is 11.3. The van der Waals surface area contributed by atoms with Crippen LogP contribution in [0.25, 0.3) is 0 Å². The van der Waals surface area contributed by atoms with Gasteiger partial charge in [-0.15, -0.1) is 0 Å². The van der Waals surface area contributed by atoms with Gasteiger partial charge in [0.05, 0.1) is 5.69 Å². The summed E-state index contributed by atoms with van der Waals surface area (Å²) in [5, 5.41) is 9.29. The Morgan fingerprint density at radius 2 is 2.11 bits per heavy atom. The smallest absolute Gasteiger partial charge is 0.312 e. The quantitative estimate of drug-likeness (QED) is 0.825. The molecule has 1 heterocycles. The lowest BCUT2D eigenvalue weighted by molar-refractivity contribution is -0.139. The molecule has 0 aromatic carbocycles. The van der Waals surface area contributed by atoms with Crippen molar-refractivity contribution in [3.05, 3.63) is 17.2 Å². The monoisotopic (exact) mass is 264 g/mol. The minimum absolute atomic E-state index is 0.405. The van der Waals surface area contributed by atoms with Crippen molar-refractivity contribution in [1.29, 1.82) is 0 Å². The molecule has 1 aliphatic carbocycles. The normalized spacial score (nSPS) is 18.6. The lowest BCUT2D eigenvalue weighted by atomic mass is 9.90. The number of hydrogen-bond donors (Lipinski definition) is 2. The van der Waals surface area contributed by atoms with Crippen molar-refractivity contribution in [1.82, 2.24) is 9.97 Å². The van der Waals surface area contributed by atoms with Crippen molar-refractivity contribution in [3.8, 4) is 0 Å². The minimum Gasteiger partial charge on any atom is -0.481 e. The van der Waals surface area contributed by atoms with E-state index >= 15 is 0 Å². The highest BCUT2D eigenvalue weighted by Gasteiger charge is 2.30. The Morgan fingerprint density at radius 3 is 2.68 bits per heavy atom. The second-order valence-electron chi connectivity index (χ2n) is 5.54. The molecule has 106 valence electrons. The highest BCUT2D eigenvalue weighted by atomic mass is 16.4. The molecule has 0 amide bonds. The number of aliphatic carboxylic acids is 1. The number of aromatic amines is 1. The molecule has 0 aliphatic heterocycles. The van der Waals surface area contributed by atoms with E-state index in [0.29, 0.717) is 5.92 Å². The van der Waals surface area contributed by atoms with Gasteiger partial charge < -0.3 is 10.1 Å². The molecule has 0 bridgehead atoms. The van der Waals surface area contributed by atoms with Crippen LogP contribution in [0.1, 0.15) is 81.4 Å². The second-order valence-corrected chi connectivity index (χ2v) is 5.54. The van der Waals surface area contributed by atoms with Crippen LogP contribution in [0, 0.1) is 0 Å². The fourth-order valence-corrected chi connectivity index (χ4v) is 3.09. The number of rotatable bonds is 6. The van der Waals surface area contributed by atoms with Crippen LogP contribution in [0.15, 0.2) is 0 Å². The van der Waals surface area contributed by atoms with Crippen LogP contribution in [-0.4, -0.2) is 21.0 Å². The number of carbonyl (C=O) groups is 1. The fraction of sp³-hybridized carbons (Fsp3) is 0.733. The number of nitrogens with zero attached hydrogens (tertiary/aromatic N) is 1. The van der Waals surface area contributed by atoms with Gasteiger partial charge in [-0.1, -0.05) is 26.7 Å². The predicted molar refractivity (Wildman–Crippen MR) is 74.5 cm³/mol. The van der Waals surface area contributed by atoms with Crippen LogP contribution in [0.4, 0.5) is 0 Å². The standard InChI is InChI=1S/C15H24N2O2/c1-3-6-10(7-4-2)14-16-12-9-5-8-11(15(18)19)13(12)17-14/h10-11H,3-9H2,1-2H3,(H,16,17)(H,18,19). The Labute approximate surface area is 114 Å². The molecule has 1 atom stereocenters. The summed E-state index contributed by atoms with van der Waals surface area (Å²) in [6.07, 6.45) is 7.13.